The molecule has 0 spiro atoms. The molecule has 6 nitrogen and oxygen atoms in total. The topological polar surface area (TPSA) is 76.3 Å². The number of aryl methyl sites for hydroxylation is 1. The fraction of sp³-hybridized carbons (Fsp3) is 0.250. The highest BCUT2D eigenvalue weighted by atomic mass is 35.5. The third kappa shape index (κ3) is 3.32. The highest BCUT2D eigenvalue weighted by Gasteiger charge is 2.26. The van der Waals surface area contributed by atoms with E-state index >= 15 is 0 Å². The summed E-state index contributed by atoms with van der Waals surface area (Å²) in [6.07, 6.45) is 1.49. The van der Waals surface area contributed by atoms with Crippen LogP contribution in [0.25, 0.3) is 0 Å². The summed E-state index contributed by atoms with van der Waals surface area (Å²) in [7, 11) is 0. The van der Waals surface area contributed by atoms with Crippen molar-refractivity contribution in [1.82, 2.24) is 4.98 Å². The SMILES string of the molecule is O=C(CCc1cccc([N+](=O)[O-])c1)N1CCc2ccc(Cl)nc21. The number of benzene rings is 1. The molecule has 0 saturated heterocycles. The van der Waals surface area contributed by atoms with Crippen LogP contribution in [0.2, 0.25) is 5.15 Å². The Labute approximate surface area is 137 Å². The standard InChI is InChI=1S/C16H14ClN3O3/c17-14-6-5-12-8-9-19(16(12)18-14)15(21)7-4-11-2-1-3-13(10-11)20(22)23/h1-3,5-6,10H,4,7-9H2. The van der Waals surface area contributed by atoms with Crippen molar-refractivity contribution >= 4 is 29.0 Å². The van der Waals surface area contributed by atoms with Gasteiger partial charge >= 0.3 is 0 Å². The van der Waals surface area contributed by atoms with Crippen molar-refractivity contribution in [3.05, 3.63) is 62.8 Å². The minimum Gasteiger partial charge on any atom is -0.296 e. The van der Waals surface area contributed by atoms with Gasteiger partial charge in [-0.2, -0.15) is 0 Å². The predicted octanol–water partition coefficient (Wildman–Crippen LogP) is 3.17. The number of fused-ring (bicyclic) bond motifs is 1. The van der Waals surface area contributed by atoms with E-state index < -0.39 is 4.92 Å². The van der Waals surface area contributed by atoms with Gasteiger partial charge in [-0.1, -0.05) is 29.8 Å². The van der Waals surface area contributed by atoms with E-state index in [4.69, 9.17) is 11.6 Å². The number of amides is 1. The number of hydrogen-bond acceptors (Lipinski definition) is 4. The van der Waals surface area contributed by atoms with Crippen LogP contribution in [0.5, 0.6) is 0 Å². The minimum absolute atomic E-state index is 0.0370. The van der Waals surface area contributed by atoms with Crippen LogP contribution >= 0.6 is 11.6 Å². The van der Waals surface area contributed by atoms with Gasteiger partial charge in [-0.3, -0.25) is 19.8 Å². The van der Waals surface area contributed by atoms with Gasteiger partial charge in [-0.05, 0) is 30.0 Å². The van der Waals surface area contributed by atoms with Gasteiger partial charge in [0.1, 0.15) is 11.0 Å². The zero-order valence-corrected chi connectivity index (χ0v) is 13.0. The summed E-state index contributed by atoms with van der Waals surface area (Å²) in [6, 6.07) is 9.96. The lowest BCUT2D eigenvalue weighted by Crippen LogP contribution is -2.29. The molecule has 2 aromatic rings. The Morgan fingerprint density at radius 2 is 2.17 bits per heavy atom. The fourth-order valence-corrected chi connectivity index (χ4v) is 2.82. The summed E-state index contributed by atoms with van der Waals surface area (Å²) < 4.78 is 0. The van der Waals surface area contributed by atoms with Crippen molar-refractivity contribution < 1.29 is 9.72 Å². The van der Waals surface area contributed by atoms with Gasteiger partial charge < -0.3 is 0 Å². The molecule has 0 aliphatic carbocycles. The van der Waals surface area contributed by atoms with Crippen LogP contribution in [0.15, 0.2) is 36.4 Å². The number of carbonyl (C=O) groups is 1. The Morgan fingerprint density at radius 3 is 2.96 bits per heavy atom. The highest BCUT2D eigenvalue weighted by molar-refractivity contribution is 6.29. The van der Waals surface area contributed by atoms with Crippen molar-refractivity contribution in [3.63, 3.8) is 0 Å². The zero-order valence-electron chi connectivity index (χ0n) is 12.2. The molecule has 0 N–H and O–H groups in total. The van der Waals surface area contributed by atoms with Crippen molar-refractivity contribution in [2.45, 2.75) is 19.3 Å². The second-order valence-electron chi connectivity index (χ2n) is 5.34. The molecule has 1 aromatic heterocycles. The molecule has 118 valence electrons. The number of halogens is 1. The molecule has 23 heavy (non-hydrogen) atoms. The number of nitro benzene ring substituents is 1. The number of aromatic nitrogens is 1. The Kier molecular flexibility index (Phi) is 4.25. The average molecular weight is 332 g/mol. The molecular formula is C16H14ClN3O3. The lowest BCUT2D eigenvalue weighted by molar-refractivity contribution is -0.384. The molecule has 0 unspecified atom stereocenters. The smallest absolute Gasteiger partial charge is 0.269 e. The molecule has 0 fully saturated rings. The highest BCUT2D eigenvalue weighted by Crippen LogP contribution is 2.28. The summed E-state index contributed by atoms with van der Waals surface area (Å²) in [5, 5.41) is 11.1. The van der Waals surface area contributed by atoms with Gasteiger partial charge in [0, 0.05) is 25.1 Å². The van der Waals surface area contributed by atoms with Crippen LogP contribution in [0.1, 0.15) is 17.5 Å². The van der Waals surface area contributed by atoms with Crippen molar-refractivity contribution in [2.24, 2.45) is 0 Å². The first-order chi connectivity index (χ1) is 11.0. The Bertz CT molecular complexity index is 779. The Morgan fingerprint density at radius 1 is 1.35 bits per heavy atom. The first kappa shape index (κ1) is 15.4. The van der Waals surface area contributed by atoms with Gasteiger partial charge in [-0.25, -0.2) is 4.98 Å². The van der Waals surface area contributed by atoms with Gasteiger partial charge in [0.2, 0.25) is 5.91 Å². The normalized spacial score (nSPS) is 13.0. The molecule has 1 amide bonds. The van der Waals surface area contributed by atoms with Crippen LogP contribution in [0.3, 0.4) is 0 Å². The third-order valence-corrected chi connectivity index (χ3v) is 4.04. The van der Waals surface area contributed by atoms with Gasteiger partial charge in [0.05, 0.1) is 4.92 Å². The maximum atomic E-state index is 12.4. The summed E-state index contributed by atoms with van der Waals surface area (Å²) in [6.45, 7) is 0.594. The molecular weight excluding hydrogens is 318 g/mol. The number of pyridine rings is 1. The molecule has 1 aromatic carbocycles. The second kappa shape index (κ2) is 6.34. The molecule has 1 aliphatic rings. The molecule has 3 rings (SSSR count). The number of hydrogen-bond donors (Lipinski definition) is 0. The molecule has 0 saturated carbocycles. The van der Waals surface area contributed by atoms with Crippen molar-refractivity contribution in [1.29, 1.82) is 0 Å². The second-order valence-corrected chi connectivity index (χ2v) is 5.73. The van der Waals surface area contributed by atoms with Crippen LogP contribution in [-0.4, -0.2) is 22.4 Å². The summed E-state index contributed by atoms with van der Waals surface area (Å²) in [4.78, 5) is 28.6. The monoisotopic (exact) mass is 331 g/mol. The molecule has 0 bridgehead atoms. The summed E-state index contributed by atoms with van der Waals surface area (Å²) >= 11 is 5.90. The van der Waals surface area contributed by atoms with Gasteiger partial charge in [0.15, 0.2) is 0 Å². The first-order valence-electron chi connectivity index (χ1n) is 7.24. The molecule has 0 atom stereocenters. The van der Waals surface area contributed by atoms with Crippen LogP contribution in [0.4, 0.5) is 11.5 Å². The number of anilines is 1. The average Bonchev–Trinajstić information content (AvgIpc) is 2.96. The maximum Gasteiger partial charge on any atom is 0.269 e. The number of carbonyl (C=O) groups excluding carboxylic acids is 1. The van der Waals surface area contributed by atoms with E-state index in [1.54, 1.807) is 23.1 Å². The Balaban J connectivity index is 1.68. The molecule has 7 heteroatoms. The number of non-ortho nitro benzene ring substituents is 1. The van der Waals surface area contributed by atoms with E-state index in [0.29, 0.717) is 23.9 Å². The number of rotatable bonds is 4. The first-order valence-corrected chi connectivity index (χ1v) is 7.61. The number of nitrogens with zero attached hydrogens (tertiary/aromatic N) is 3. The maximum absolute atomic E-state index is 12.4. The number of nitro groups is 1. The van der Waals surface area contributed by atoms with Crippen molar-refractivity contribution in [3.8, 4) is 0 Å². The van der Waals surface area contributed by atoms with E-state index in [0.717, 1.165) is 17.5 Å². The van der Waals surface area contributed by atoms with E-state index in [1.165, 1.54) is 12.1 Å². The lowest BCUT2D eigenvalue weighted by Gasteiger charge is -2.16. The quantitative estimate of drug-likeness (QED) is 0.490. The minimum atomic E-state index is -0.437. The van der Waals surface area contributed by atoms with E-state index in [9.17, 15) is 14.9 Å². The van der Waals surface area contributed by atoms with E-state index in [-0.39, 0.29) is 18.0 Å². The molecule has 1 aliphatic heterocycles. The van der Waals surface area contributed by atoms with Crippen LogP contribution < -0.4 is 4.90 Å². The third-order valence-electron chi connectivity index (χ3n) is 3.83. The van der Waals surface area contributed by atoms with E-state index in [1.807, 2.05) is 6.07 Å². The predicted molar refractivity (Wildman–Crippen MR) is 86.7 cm³/mol. The Hall–Kier alpha value is -2.47. The fourth-order valence-electron chi connectivity index (χ4n) is 2.68. The van der Waals surface area contributed by atoms with Gasteiger partial charge in [0.25, 0.3) is 5.69 Å². The summed E-state index contributed by atoms with van der Waals surface area (Å²) in [5.41, 5.74) is 1.82. The molecule has 0 radical (unpaired) electrons. The molecule has 2 heterocycles. The lowest BCUT2D eigenvalue weighted by atomic mass is 10.1. The zero-order chi connectivity index (χ0) is 16.4. The summed E-state index contributed by atoms with van der Waals surface area (Å²) in [5.74, 6) is 0.576. The van der Waals surface area contributed by atoms with Gasteiger partial charge in [-0.15, -0.1) is 0 Å². The van der Waals surface area contributed by atoms with Crippen molar-refractivity contribution in [2.75, 3.05) is 11.4 Å². The van der Waals surface area contributed by atoms with E-state index in [2.05, 4.69) is 4.98 Å². The largest absolute Gasteiger partial charge is 0.296 e. The van der Waals surface area contributed by atoms with Crippen LogP contribution in [-0.2, 0) is 17.6 Å². The van der Waals surface area contributed by atoms with Crippen LogP contribution in [0, 0.1) is 10.1 Å².